The molecule has 0 bridgehead atoms. The van der Waals surface area contributed by atoms with Gasteiger partial charge in [0.2, 0.25) is 0 Å². The first kappa shape index (κ1) is 12.9. The van der Waals surface area contributed by atoms with Crippen molar-refractivity contribution in [3.8, 4) is 6.07 Å². The molecule has 0 radical (unpaired) electrons. The molecule has 4 nitrogen and oxygen atoms in total. The van der Waals surface area contributed by atoms with E-state index >= 15 is 0 Å². The lowest BCUT2D eigenvalue weighted by atomic mass is 10.0. The van der Waals surface area contributed by atoms with Crippen LogP contribution >= 0.6 is 0 Å². The minimum atomic E-state index is -0.164. The topological polar surface area (TPSA) is 56.1 Å². The number of nitrogens with zero attached hydrogens (tertiary/aromatic N) is 2. The average Bonchev–Trinajstić information content (AvgIpc) is 3.39. The molecule has 108 valence electrons. The van der Waals surface area contributed by atoms with E-state index in [2.05, 4.69) is 11.4 Å². The predicted molar refractivity (Wildman–Crippen MR) is 83.2 cm³/mol. The number of fused-ring (bicyclic) bond motifs is 1. The molecular weight excluding hydrogens is 274 g/mol. The molecule has 1 amide bonds. The minimum Gasteiger partial charge on any atom is -0.361 e. The lowest BCUT2D eigenvalue weighted by Gasteiger charge is -2.38. The van der Waals surface area contributed by atoms with E-state index in [1.807, 2.05) is 41.3 Å². The highest BCUT2D eigenvalue weighted by molar-refractivity contribution is 6.02. The van der Waals surface area contributed by atoms with E-state index in [0.29, 0.717) is 11.6 Å². The standard InChI is InChI=1S/C18H15N3O/c19-11-12-5-7-13(8-6-12)17-20-16-4-2-1-3-15(16)18(22)21(17)14-9-10-14/h1-8,14,17,20H,9-10H2/t17-/m1/s1. The summed E-state index contributed by atoms with van der Waals surface area (Å²) in [6.07, 6.45) is 1.95. The summed E-state index contributed by atoms with van der Waals surface area (Å²) in [6.45, 7) is 0. The Hall–Kier alpha value is -2.80. The molecule has 2 aromatic carbocycles. The second-order valence-electron chi connectivity index (χ2n) is 5.77. The first-order chi connectivity index (χ1) is 10.8. The predicted octanol–water partition coefficient (Wildman–Crippen LogP) is 3.29. The summed E-state index contributed by atoms with van der Waals surface area (Å²) in [6, 6.07) is 17.5. The second-order valence-corrected chi connectivity index (χ2v) is 5.77. The largest absolute Gasteiger partial charge is 0.361 e. The van der Waals surface area contributed by atoms with Gasteiger partial charge in [-0.3, -0.25) is 4.79 Å². The van der Waals surface area contributed by atoms with E-state index in [-0.39, 0.29) is 12.1 Å². The summed E-state index contributed by atoms with van der Waals surface area (Å²) >= 11 is 0. The van der Waals surface area contributed by atoms with Crippen molar-refractivity contribution < 1.29 is 4.79 Å². The number of benzene rings is 2. The number of nitriles is 1. The molecule has 0 spiro atoms. The maximum Gasteiger partial charge on any atom is 0.258 e. The van der Waals surface area contributed by atoms with Gasteiger partial charge < -0.3 is 10.2 Å². The van der Waals surface area contributed by atoms with Gasteiger partial charge in [-0.15, -0.1) is 0 Å². The van der Waals surface area contributed by atoms with Gasteiger partial charge in [0.15, 0.2) is 0 Å². The van der Waals surface area contributed by atoms with Crippen molar-refractivity contribution in [2.45, 2.75) is 25.0 Å². The smallest absolute Gasteiger partial charge is 0.258 e. The van der Waals surface area contributed by atoms with E-state index in [0.717, 1.165) is 29.7 Å². The summed E-state index contributed by atoms with van der Waals surface area (Å²) in [7, 11) is 0. The van der Waals surface area contributed by atoms with Crippen LogP contribution in [0.4, 0.5) is 5.69 Å². The fourth-order valence-corrected chi connectivity index (χ4v) is 2.98. The van der Waals surface area contributed by atoms with Crippen LogP contribution in [0.15, 0.2) is 48.5 Å². The van der Waals surface area contributed by atoms with Crippen LogP contribution in [0.2, 0.25) is 0 Å². The second kappa shape index (κ2) is 4.88. The Morgan fingerprint density at radius 2 is 1.82 bits per heavy atom. The fourth-order valence-electron chi connectivity index (χ4n) is 2.98. The first-order valence-corrected chi connectivity index (χ1v) is 7.46. The zero-order valence-electron chi connectivity index (χ0n) is 12.0. The maximum atomic E-state index is 12.8. The molecule has 2 aromatic rings. The number of carbonyl (C=O) groups is 1. The number of hydrogen-bond acceptors (Lipinski definition) is 3. The van der Waals surface area contributed by atoms with Crippen molar-refractivity contribution in [2.75, 3.05) is 5.32 Å². The van der Waals surface area contributed by atoms with Gasteiger partial charge in [0.05, 0.1) is 17.2 Å². The van der Waals surface area contributed by atoms with Gasteiger partial charge in [0, 0.05) is 11.7 Å². The van der Waals surface area contributed by atoms with E-state index in [1.165, 1.54) is 0 Å². The van der Waals surface area contributed by atoms with Crippen LogP contribution < -0.4 is 5.32 Å². The molecule has 1 N–H and O–H groups in total. The van der Waals surface area contributed by atoms with Gasteiger partial charge in [0.25, 0.3) is 5.91 Å². The molecule has 0 unspecified atom stereocenters. The van der Waals surface area contributed by atoms with Gasteiger partial charge in [-0.25, -0.2) is 0 Å². The van der Waals surface area contributed by atoms with Gasteiger partial charge in [0.1, 0.15) is 6.17 Å². The highest BCUT2D eigenvalue weighted by Gasteiger charge is 2.41. The van der Waals surface area contributed by atoms with Gasteiger partial charge in [-0.05, 0) is 42.7 Å². The Kier molecular flexibility index (Phi) is 2.87. The van der Waals surface area contributed by atoms with Crippen molar-refractivity contribution >= 4 is 11.6 Å². The van der Waals surface area contributed by atoms with Gasteiger partial charge in [-0.2, -0.15) is 5.26 Å². The lowest BCUT2D eigenvalue weighted by molar-refractivity contribution is 0.0666. The highest BCUT2D eigenvalue weighted by atomic mass is 16.2. The number of carbonyl (C=O) groups excluding carboxylic acids is 1. The van der Waals surface area contributed by atoms with Crippen molar-refractivity contribution in [1.29, 1.82) is 5.26 Å². The monoisotopic (exact) mass is 289 g/mol. The van der Waals surface area contributed by atoms with Crippen molar-refractivity contribution in [3.63, 3.8) is 0 Å². The van der Waals surface area contributed by atoms with Crippen molar-refractivity contribution in [1.82, 2.24) is 4.90 Å². The van der Waals surface area contributed by atoms with Crippen LogP contribution in [0.1, 0.15) is 40.5 Å². The molecule has 0 aromatic heterocycles. The molecule has 1 saturated carbocycles. The van der Waals surface area contributed by atoms with Crippen LogP contribution in [0, 0.1) is 11.3 Å². The number of anilines is 1. The molecule has 4 heteroatoms. The summed E-state index contributed by atoms with van der Waals surface area (Å²) in [5.41, 5.74) is 3.25. The van der Waals surface area contributed by atoms with E-state index < -0.39 is 0 Å². The molecule has 1 fully saturated rings. The maximum absolute atomic E-state index is 12.8. The number of amides is 1. The Bertz CT molecular complexity index is 772. The number of hydrogen-bond donors (Lipinski definition) is 1. The van der Waals surface area contributed by atoms with Crippen molar-refractivity contribution in [3.05, 3.63) is 65.2 Å². The molecule has 2 aliphatic rings. The van der Waals surface area contributed by atoms with E-state index in [9.17, 15) is 4.79 Å². The Labute approximate surface area is 129 Å². The third-order valence-electron chi connectivity index (χ3n) is 4.26. The Morgan fingerprint density at radius 3 is 2.50 bits per heavy atom. The fraction of sp³-hybridized carbons (Fsp3) is 0.222. The molecule has 1 atom stereocenters. The molecule has 1 aliphatic heterocycles. The Balaban J connectivity index is 1.76. The SMILES string of the molecule is N#Cc1ccc([C@@H]2Nc3ccccc3C(=O)N2C2CC2)cc1. The Morgan fingerprint density at radius 1 is 1.09 bits per heavy atom. The number of rotatable bonds is 2. The van der Waals surface area contributed by atoms with Gasteiger partial charge >= 0.3 is 0 Å². The highest BCUT2D eigenvalue weighted by Crippen LogP contribution is 2.40. The van der Waals surface area contributed by atoms with Crippen LogP contribution in [-0.2, 0) is 0 Å². The van der Waals surface area contributed by atoms with Crippen LogP contribution in [-0.4, -0.2) is 16.8 Å². The zero-order chi connectivity index (χ0) is 15.1. The zero-order valence-corrected chi connectivity index (χ0v) is 12.0. The van der Waals surface area contributed by atoms with Crippen LogP contribution in [0.25, 0.3) is 0 Å². The third kappa shape index (κ3) is 2.03. The quantitative estimate of drug-likeness (QED) is 0.923. The normalized spacial score (nSPS) is 20.0. The summed E-state index contributed by atoms with van der Waals surface area (Å²) in [5, 5.41) is 12.4. The molecule has 4 rings (SSSR count). The summed E-state index contributed by atoms with van der Waals surface area (Å²) in [5.74, 6) is 0.0891. The van der Waals surface area contributed by atoms with Crippen molar-refractivity contribution in [2.24, 2.45) is 0 Å². The first-order valence-electron chi connectivity index (χ1n) is 7.46. The van der Waals surface area contributed by atoms with Gasteiger partial charge in [-0.1, -0.05) is 24.3 Å². The molecule has 0 saturated heterocycles. The van der Waals surface area contributed by atoms with Crippen LogP contribution in [0.3, 0.4) is 0 Å². The summed E-state index contributed by atoms with van der Waals surface area (Å²) < 4.78 is 0. The van der Waals surface area contributed by atoms with Crippen LogP contribution in [0.5, 0.6) is 0 Å². The minimum absolute atomic E-state index is 0.0891. The molecule has 22 heavy (non-hydrogen) atoms. The number of nitrogens with one attached hydrogen (secondary N) is 1. The summed E-state index contributed by atoms with van der Waals surface area (Å²) in [4.78, 5) is 14.8. The molecular formula is C18H15N3O. The van der Waals surface area contributed by atoms with E-state index in [4.69, 9.17) is 5.26 Å². The average molecular weight is 289 g/mol. The third-order valence-corrected chi connectivity index (χ3v) is 4.26. The number of para-hydroxylation sites is 1. The molecule has 1 heterocycles. The van der Waals surface area contributed by atoms with E-state index in [1.54, 1.807) is 12.1 Å². The lowest BCUT2D eigenvalue weighted by Crippen LogP contribution is -2.44. The molecule has 1 aliphatic carbocycles.